The molecule has 5 rings (SSSR count). The zero-order valence-electron chi connectivity index (χ0n) is 15.6. The van der Waals surface area contributed by atoms with Gasteiger partial charge in [-0.05, 0) is 80.5 Å². The molecular formula is C21H35NO2. The molecule has 1 aliphatic heterocycles. The fourth-order valence-corrected chi connectivity index (χ4v) is 8.18. The highest BCUT2D eigenvalue weighted by Crippen LogP contribution is 2.69. The Morgan fingerprint density at radius 3 is 2.38 bits per heavy atom. The molecule has 0 amide bonds. The lowest BCUT2D eigenvalue weighted by Crippen LogP contribution is -2.57. The summed E-state index contributed by atoms with van der Waals surface area (Å²) in [6, 6.07) is 0.462. The number of fused-ring (bicyclic) bond motifs is 6. The van der Waals surface area contributed by atoms with Crippen LogP contribution in [0.2, 0.25) is 0 Å². The zero-order valence-corrected chi connectivity index (χ0v) is 15.6. The van der Waals surface area contributed by atoms with Gasteiger partial charge in [-0.15, -0.1) is 0 Å². The number of nitrogens with two attached hydrogens (primary N) is 1. The van der Waals surface area contributed by atoms with Crippen LogP contribution in [0.1, 0.15) is 71.6 Å². The smallest absolute Gasteiger partial charge is 0.174 e. The minimum Gasteiger partial charge on any atom is -0.347 e. The van der Waals surface area contributed by atoms with Crippen molar-refractivity contribution in [3.63, 3.8) is 0 Å². The highest BCUT2D eigenvalue weighted by Gasteiger charge is 2.67. The maximum Gasteiger partial charge on any atom is 0.174 e. The van der Waals surface area contributed by atoms with Crippen molar-refractivity contribution in [1.82, 2.24) is 0 Å². The standard InChI is InChI=1S/C21H35NO2/c1-19-8-5-15(22)13-14(19)3-4-16-17(19)6-9-20(2)18(16)7-10-21(20)23-11-12-24-21/h14-18H,3-13,22H2,1-2H3/t14-,15-,16+,17-,18-,19-,20-/m0/s1. The van der Waals surface area contributed by atoms with Gasteiger partial charge < -0.3 is 15.2 Å². The first kappa shape index (κ1) is 16.1. The highest BCUT2D eigenvalue weighted by molar-refractivity contribution is 5.12. The van der Waals surface area contributed by atoms with Gasteiger partial charge in [0.25, 0.3) is 0 Å². The van der Waals surface area contributed by atoms with Crippen LogP contribution in [0, 0.1) is 34.5 Å². The van der Waals surface area contributed by atoms with Gasteiger partial charge >= 0.3 is 0 Å². The van der Waals surface area contributed by atoms with Gasteiger partial charge in [-0.1, -0.05) is 13.8 Å². The second-order valence-corrected chi connectivity index (χ2v) is 10.1. The van der Waals surface area contributed by atoms with Crippen LogP contribution < -0.4 is 5.73 Å². The highest BCUT2D eigenvalue weighted by atomic mass is 16.7. The molecule has 1 heterocycles. The van der Waals surface area contributed by atoms with Crippen molar-refractivity contribution in [2.45, 2.75) is 83.5 Å². The molecule has 4 saturated carbocycles. The number of hydrogen-bond donors (Lipinski definition) is 1. The van der Waals surface area contributed by atoms with Crippen molar-refractivity contribution in [1.29, 1.82) is 0 Å². The molecule has 1 spiro atoms. The van der Waals surface area contributed by atoms with E-state index < -0.39 is 0 Å². The van der Waals surface area contributed by atoms with Crippen LogP contribution in [0.4, 0.5) is 0 Å². The summed E-state index contributed by atoms with van der Waals surface area (Å²) >= 11 is 0. The van der Waals surface area contributed by atoms with Crippen LogP contribution in [0.5, 0.6) is 0 Å². The van der Waals surface area contributed by atoms with E-state index in [9.17, 15) is 0 Å². The van der Waals surface area contributed by atoms with E-state index in [4.69, 9.17) is 15.2 Å². The third-order valence-corrected chi connectivity index (χ3v) is 9.50. The average molecular weight is 334 g/mol. The molecule has 4 aliphatic carbocycles. The normalized spacial score (nSPS) is 55.9. The molecule has 24 heavy (non-hydrogen) atoms. The molecule has 136 valence electrons. The summed E-state index contributed by atoms with van der Waals surface area (Å²) in [5, 5.41) is 0. The first-order chi connectivity index (χ1) is 11.5. The molecule has 3 nitrogen and oxygen atoms in total. The van der Waals surface area contributed by atoms with Crippen molar-refractivity contribution < 1.29 is 9.47 Å². The summed E-state index contributed by atoms with van der Waals surface area (Å²) in [5.74, 6) is 3.25. The molecule has 0 radical (unpaired) electrons. The molecule has 0 aromatic carbocycles. The Balaban J connectivity index is 1.45. The molecule has 0 unspecified atom stereocenters. The van der Waals surface area contributed by atoms with E-state index in [1.54, 1.807) is 0 Å². The monoisotopic (exact) mass is 333 g/mol. The van der Waals surface area contributed by atoms with Crippen LogP contribution in [0.15, 0.2) is 0 Å². The van der Waals surface area contributed by atoms with Gasteiger partial charge in [0.15, 0.2) is 5.79 Å². The first-order valence-electron chi connectivity index (χ1n) is 10.5. The Bertz CT molecular complexity index is 516. The van der Waals surface area contributed by atoms with Crippen molar-refractivity contribution in [2.75, 3.05) is 13.2 Å². The van der Waals surface area contributed by atoms with Crippen LogP contribution in [0.25, 0.3) is 0 Å². The number of hydrogen-bond acceptors (Lipinski definition) is 3. The zero-order chi connectivity index (χ0) is 16.6. The molecule has 0 aromatic heterocycles. The lowest BCUT2D eigenvalue weighted by atomic mass is 9.45. The van der Waals surface area contributed by atoms with E-state index >= 15 is 0 Å². The van der Waals surface area contributed by atoms with E-state index in [0.717, 1.165) is 43.3 Å². The lowest BCUT2D eigenvalue weighted by Gasteiger charge is -2.61. The molecular weight excluding hydrogens is 298 g/mol. The molecule has 1 saturated heterocycles. The summed E-state index contributed by atoms with van der Waals surface area (Å²) in [7, 11) is 0. The predicted molar refractivity (Wildman–Crippen MR) is 94.3 cm³/mol. The van der Waals surface area contributed by atoms with Crippen molar-refractivity contribution >= 4 is 0 Å². The second kappa shape index (κ2) is 5.20. The maximum atomic E-state index is 6.32. The number of ether oxygens (including phenoxy) is 2. The Hall–Kier alpha value is -0.120. The van der Waals surface area contributed by atoms with Crippen LogP contribution in [-0.2, 0) is 9.47 Å². The van der Waals surface area contributed by atoms with E-state index in [1.165, 1.54) is 51.4 Å². The minimum atomic E-state index is -0.241. The topological polar surface area (TPSA) is 44.5 Å². The van der Waals surface area contributed by atoms with Crippen LogP contribution in [-0.4, -0.2) is 25.0 Å². The Kier molecular flexibility index (Phi) is 3.49. The summed E-state index contributed by atoms with van der Waals surface area (Å²) in [6.07, 6.45) is 11.8. The largest absolute Gasteiger partial charge is 0.347 e. The Morgan fingerprint density at radius 2 is 1.58 bits per heavy atom. The SMILES string of the molecule is C[C@]12CC[C@H](N)C[C@@H]1CC[C@@H]1[C@@H]2CC[C@@]2(C)[C@H]1CCC21OCCO1. The summed E-state index contributed by atoms with van der Waals surface area (Å²) in [6.45, 7) is 6.72. The number of rotatable bonds is 0. The Morgan fingerprint density at radius 1 is 0.833 bits per heavy atom. The van der Waals surface area contributed by atoms with E-state index in [-0.39, 0.29) is 11.2 Å². The van der Waals surface area contributed by atoms with Crippen molar-refractivity contribution in [2.24, 2.45) is 40.2 Å². The van der Waals surface area contributed by atoms with E-state index in [1.807, 2.05) is 0 Å². The maximum absolute atomic E-state index is 6.32. The van der Waals surface area contributed by atoms with E-state index in [0.29, 0.717) is 11.5 Å². The quantitative estimate of drug-likeness (QED) is 0.726. The third-order valence-electron chi connectivity index (χ3n) is 9.50. The summed E-state index contributed by atoms with van der Waals surface area (Å²) in [4.78, 5) is 0. The summed E-state index contributed by atoms with van der Waals surface area (Å²) in [5.41, 5.74) is 7.12. The van der Waals surface area contributed by atoms with Gasteiger partial charge in [-0.2, -0.15) is 0 Å². The molecule has 5 fully saturated rings. The van der Waals surface area contributed by atoms with Gasteiger partial charge in [0, 0.05) is 17.9 Å². The molecule has 2 N–H and O–H groups in total. The predicted octanol–water partition coefficient (Wildman–Crippen LogP) is 4.10. The van der Waals surface area contributed by atoms with Crippen molar-refractivity contribution in [3.05, 3.63) is 0 Å². The molecule has 0 bridgehead atoms. The van der Waals surface area contributed by atoms with Crippen LogP contribution in [0.3, 0.4) is 0 Å². The molecule has 7 atom stereocenters. The lowest BCUT2D eigenvalue weighted by molar-refractivity contribution is -0.247. The fraction of sp³-hybridized carbons (Fsp3) is 1.00. The minimum absolute atomic E-state index is 0.241. The van der Waals surface area contributed by atoms with Gasteiger partial charge in [0.2, 0.25) is 0 Å². The second-order valence-electron chi connectivity index (χ2n) is 10.1. The molecule has 3 heteroatoms. The van der Waals surface area contributed by atoms with Gasteiger partial charge in [-0.3, -0.25) is 0 Å². The fourth-order valence-electron chi connectivity index (χ4n) is 8.18. The van der Waals surface area contributed by atoms with E-state index in [2.05, 4.69) is 13.8 Å². The van der Waals surface area contributed by atoms with Crippen LogP contribution >= 0.6 is 0 Å². The third kappa shape index (κ3) is 1.90. The first-order valence-corrected chi connectivity index (χ1v) is 10.5. The van der Waals surface area contributed by atoms with Gasteiger partial charge in [0.05, 0.1) is 13.2 Å². The van der Waals surface area contributed by atoms with Gasteiger partial charge in [-0.25, -0.2) is 0 Å². The van der Waals surface area contributed by atoms with Gasteiger partial charge in [0.1, 0.15) is 0 Å². The molecule has 0 aromatic rings. The Labute approximate surface area is 147 Å². The molecule has 5 aliphatic rings. The average Bonchev–Trinajstić information content (AvgIpc) is 3.15. The summed E-state index contributed by atoms with van der Waals surface area (Å²) < 4.78 is 12.5. The van der Waals surface area contributed by atoms with Crippen molar-refractivity contribution in [3.8, 4) is 0 Å².